The Morgan fingerprint density at radius 3 is 2.40 bits per heavy atom. The molecular weight excluding hydrogens is 279 g/mol. The minimum absolute atomic E-state index is 0.378. The predicted molar refractivity (Wildman–Crippen MR) is 78.1 cm³/mol. The van der Waals surface area contributed by atoms with Gasteiger partial charge in [-0.2, -0.15) is 0 Å². The molecule has 6 heteroatoms. The Morgan fingerprint density at radius 2 is 1.85 bits per heavy atom. The van der Waals surface area contributed by atoms with Gasteiger partial charge in [-0.25, -0.2) is 9.18 Å². The van der Waals surface area contributed by atoms with E-state index < -0.39 is 22.7 Å². The van der Waals surface area contributed by atoms with Gasteiger partial charge >= 0.3 is 6.03 Å². The number of hydrogen-bond donors (Lipinski definition) is 2. The van der Waals surface area contributed by atoms with Crippen LogP contribution in [0.2, 0.25) is 0 Å². The number of nitrogens with one attached hydrogen (secondary N) is 2. The maximum absolute atomic E-state index is 13.5. The fourth-order valence-electron chi connectivity index (χ4n) is 1.37. The van der Waals surface area contributed by atoms with Gasteiger partial charge in [0.25, 0.3) is 0 Å². The Bertz CT molecular complexity index is 500. The van der Waals surface area contributed by atoms with Crippen LogP contribution in [0.25, 0.3) is 0 Å². The molecule has 0 radical (unpaired) electrons. The lowest BCUT2D eigenvalue weighted by molar-refractivity contribution is -0.119. The molecule has 0 fully saturated rings. The lowest BCUT2D eigenvalue weighted by atomic mass is 10.1. The molecule has 110 valence electrons. The van der Waals surface area contributed by atoms with Crippen molar-refractivity contribution in [2.75, 3.05) is 0 Å². The molecule has 2 N–H and O–H groups in total. The molecule has 0 aromatic heterocycles. The van der Waals surface area contributed by atoms with Gasteiger partial charge in [0, 0.05) is 10.4 Å². The highest BCUT2D eigenvalue weighted by atomic mass is 32.2. The van der Waals surface area contributed by atoms with Crippen LogP contribution < -0.4 is 10.6 Å². The van der Waals surface area contributed by atoms with Crippen molar-refractivity contribution in [2.24, 2.45) is 0 Å². The molecule has 0 aliphatic heterocycles. The van der Waals surface area contributed by atoms with Crippen molar-refractivity contribution in [1.29, 1.82) is 0 Å². The van der Waals surface area contributed by atoms with Crippen LogP contribution in [0, 0.1) is 5.82 Å². The number of benzene rings is 1. The number of thioether (sulfide) groups is 1. The molecule has 0 heterocycles. The highest BCUT2D eigenvalue weighted by molar-refractivity contribution is 8.00. The second-order valence-electron chi connectivity index (χ2n) is 5.38. The number of hydrogen-bond acceptors (Lipinski definition) is 3. The Hall–Kier alpha value is -1.56. The molecule has 1 aromatic carbocycles. The van der Waals surface area contributed by atoms with Crippen LogP contribution in [0.3, 0.4) is 0 Å². The molecule has 0 aliphatic carbocycles. The Labute approximate surface area is 122 Å². The summed E-state index contributed by atoms with van der Waals surface area (Å²) in [5.41, 5.74) is -0.424. The number of carbonyl (C=O) groups excluding carboxylic acids is 2. The quantitative estimate of drug-likeness (QED) is 0.844. The first kappa shape index (κ1) is 16.5. The molecule has 0 saturated heterocycles. The molecule has 0 saturated carbocycles. The van der Waals surface area contributed by atoms with E-state index in [4.69, 9.17) is 0 Å². The number of urea groups is 1. The molecule has 0 spiro atoms. The standard InChI is InChI=1S/C14H19FN2O2S/c1-9(20-11-8-6-5-7-10(11)15)12(18)16-13(19)17-14(2,3)4/h5-9H,1-4H3,(H2,16,17,18,19). The zero-order chi connectivity index (χ0) is 15.3. The summed E-state index contributed by atoms with van der Waals surface area (Å²) in [4.78, 5) is 23.8. The van der Waals surface area contributed by atoms with Crippen molar-refractivity contribution >= 4 is 23.7 Å². The molecule has 3 amide bonds. The Balaban J connectivity index is 2.56. The third-order valence-electron chi connectivity index (χ3n) is 2.23. The van der Waals surface area contributed by atoms with Crippen LogP contribution in [-0.2, 0) is 4.79 Å². The lowest BCUT2D eigenvalue weighted by Crippen LogP contribution is -2.49. The van der Waals surface area contributed by atoms with Gasteiger partial charge in [0.05, 0.1) is 5.25 Å². The van der Waals surface area contributed by atoms with Gasteiger partial charge in [-0.15, -0.1) is 11.8 Å². The van der Waals surface area contributed by atoms with E-state index in [1.807, 2.05) is 20.8 Å². The van der Waals surface area contributed by atoms with Crippen LogP contribution in [0.1, 0.15) is 27.7 Å². The van der Waals surface area contributed by atoms with E-state index in [0.717, 1.165) is 11.8 Å². The van der Waals surface area contributed by atoms with Gasteiger partial charge in [-0.05, 0) is 39.8 Å². The normalized spacial score (nSPS) is 12.7. The fraction of sp³-hybridized carbons (Fsp3) is 0.429. The summed E-state index contributed by atoms with van der Waals surface area (Å²) in [5, 5.41) is 4.30. The second kappa shape index (κ2) is 6.74. The molecule has 0 aliphatic rings. The summed E-state index contributed by atoms with van der Waals surface area (Å²) in [6.45, 7) is 7.06. The highest BCUT2D eigenvalue weighted by Gasteiger charge is 2.20. The first-order valence-corrected chi connectivity index (χ1v) is 7.11. The van der Waals surface area contributed by atoms with E-state index in [-0.39, 0.29) is 5.82 Å². The van der Waals surface area contributed by atoms with Crippen LogP contribution >= 0.6 is 11.8 Å². The van der Waals surface area contributed by atoms with Crippen LogP contribution in [0.4, 0.5) is 9.18 Å². The van der Waals surface area contributed by atoms with E-state index in [0.29, 0.717) is 4.90 Å². The minimum atomic E-state index is -0.572. The number of halogens is 1. The summed E-state index contributed by atoms with van der Waals surface area (Å²) >= 11 is 1.07. The van der Waals surface area contributed by atoms with Crippen molar-refractivity contribution in [2.45, 2.75) is 43.4 Å². The largest absolute Gasteiger partial charge is 0.333 e. The predicted octanol–water partition coefficient (Wildman–Crippen LogP) is 2.93. The molecule has 1 atom stereocenters. The zero-order valence-electron chi connectivity index (χ0n) is 12.0. The van der Waals surface area contributed by atoms with E-state index in [1.165, 1.54) is 6.07 Å². The van der Waals surface area contributed by atoms with Gasteiger partial charge in [0.1, 0.15) is 5.82 Å². The van der Waals surface area contributed by atoms with Crippen LogP contribution in [0.15, 0.2) is 29.2 Å². The first-order chi connectivity index (χ1) is 9.19. The second-order valence-corrected chi connectivity index (χ2v) is 6.77. The average molecular weight is 298 g/mol. The summed E-state index contributed by atoms with van der Waals surface area (Å²) < 4.78 is 13.5. The highest BCUT2D eigenvalue weighted by Crippen LogP contribution is 2.25. The summed E-state index contributed by atoms with van der Waals surface area (Å²) in [6.07, 6.45) is 0. The van der Waals surface area contributed by atoms with Crippen molar-refractivity contribution in [1.82, 2.24) is 10.6 Å². The summed E-state index contributed by atoms with van der Waals surface area (Å²) in [7, 11) is 0. The maximum Gasteiger partial charge on any atom is 0.321 e. The Kier molecular flexibility index (Phi) is 5.56. The van der Waals surface area contributed by atoms with Gasteiger partial charge in [-0.1, -0.05) is 12.1 Å². The molecule has 1 rings (SSSR count). The van der Waals surface area contributed by atoms with Gasteiger partial charge < -0.3 is 5.32 Å². The van der Waals surface area contributed by atoms with E-state index in [2.05, 4.69) is 10.6 Å². The molecule has 0 bridgehead atoms. The van der Waals surface area contributed by atoms with Crippen molar-refractivity contribution < 1.29 is 14.0 Å². The third kappa shape index (κ3) is 5.61. The fourth-order valence-corrected chi connectivity index (χ4v) is 2.25. The zero-order valence-corrected chi connectivity index (χ0v) is 12.8. The van der Waals surface area contributed by atoms with Gasteiger partial charge in [-0.3, -0.25) is 10.1 Å². The lowest BCUT2D eigenvalue weighted by Gasteiger charge is -2.21. The molecule has 20 heavy (non-hydrogen) atoms. The average Bonchev–Trinajstić information content (AvgIpc) is 2.29. The number of amides is 3. The van der Waals surface area contributed by atoms with Crippen molar-refractivity contribution in [3.05, 3.63) is 30.1 Å². The SMILES string of the molecule is CC(Sc1ccccc1F)C(=O)NC(=O)NC(C)(C)C. The van der Waals surface area contributed by atoms with Gasteiger partial charge in [0.2, 0.25) is 5.91 Å². The smallest absolute Gasteiger partial charge is 0.321 e. The summed E-state index contributed by atoms with van der Waals surface area (Å²) in [5.74, 6) is -0.837. The number of carbonyl (C=O) groups is 2. The molecule has 4 nitrogen and oxygen atoms in total. The van der Waals surface area contributed by atoms with Crippen molar-refractivity contribution in [3.63, 3.8) is 0 Å². The third-order valence-corrected chi connectivity index (χ3v) is 3.39. The van der Waals surface area contributed by atoms with Crippen LogP contribution in [0.5, 0.6) is 0 Å². The Morgan fingerprint density at radius 1 is 1.25 bits per heavy atom. The maximum atomic E-state index is 13.5. The molecule has 1 aromatic rings. The van der Waals surface area contributed by atoms with E-state index >= 15 is 0 Å². The first-order valence-electron chi connectivity index (χ1n) is 6.23. The summed E-state index contributed by atoms with van der Waals surface area (Å²) in [6, 6.07) is 5.66. The van der Waals surface area contributed by atoms with Gasteiger partial charge in [0.15, 0.2) is 0 Å². The van der Waals surface area contributed by atoms with E-state index in [9.17, 15) is 14.0 Å². The topological polar surface area (TPSA) is 58.2 Å². The van der Waals surface area contributed by atoms with Crippen molar-refractivity contribution in [3.8, 4) is 0 Å². The number of rotatable bonds is 3. The van der Waals surface area contributed by atoms with Crippen LogP contribution in [-0.4, -0.2) is 22.7 Å². The minimum Gasteiger partial charge on any atom is -0.333 e. The molecular formula is C14H19FN2O2S. The number of imide groups is 1. The monoisotopic (exact) mass is 298 g/mol. The molecule has 1 unspecified atom stereocenters. The van der Waals surface area contributed by atoms with E-state index in [1.54, 1.807) is 25.1 Å².